The van der Waals surface area contributed by atoms with Gasteiger partial charge in [0.2, 0.25) is 0 Å². The summed E-state index contributed by atoms with van der Waals surface area (Å²) in [6.07, 6.45) is 75.4. The summed E-state index contributed by atoms with van der Waals surface area (Å²) in [5.74, 6) is -0.825. The van der Waals surface area contributed by atoms with Crippen molar-refractivity contribution in [1.82, 2.24) is 0 Å². The van der Waals surface area contributed by atoms with Crippen LogP contribution in [0.5, 0.6) is 0 Å². The predicted molar refractivity (Wildman–Crippen MR) is 321 cm³/mol. The van der Waals surface area contributed by atoms with Crippen molar-refractivity contribution >= 4 is 19.8 Å². The van der Waals surface area contributed by atoms with Gasteiger partial charge < -0.3 is 20.1 Å². The molecule has 10 heteroatoms. The number of carbonyl (C=O) groups is 2. The number of hydrogen-bond acceptors (Lipinski definition) is 8. The van der Waals surface area contributed by atoms with Gasteiger partial charge in [-0.3, -0.25) is 18.6 Å². The molecule has 0 aliphatic heterocycles. The fourth-order valence-electron chi connectivity index (χ4n) is 9.77. The molecule has 2 atom stereocenters. The van der Waals surface area contributed by atoms with Crippen LogP contribution in [0.4, 0.5) is 0 Å². The number of phosphoric ester groups is 1. The third kappa shape index (κ3) is 61.3. The molecule has 0 saturated heterocycles. The summed E-state index contributed by atoms with van der Waals surface area (Å²) < 4.78 is 33.0. The average molecular weight is 1080 g/mol. The maximum Gasteiger partial charge on any atom is 0.472 e. The summed E-state index contributed by atoms with van der Waals surface area (Å²) >= 11 is 0. The van der Waals surface area contributed by atoms with Crippen LogP contribution in [0.25, 0.3) is 0 Å². The van der Waals surface area contributed by atoms with Crippen molar-refractivity contribution in [2.45, 2.75) is 341 Å². The number of unbranched alkanes of at least 4 members (excludes halogenated alkanes) is 43. The zero-order chi connectivity index (χ0) is 54.5. The largest absolute Gasteiger partial charge is 0.472 e. The number of phosphoric acid groups is 1. The van der Waals surface area contributed by atoms with Crippen LogP contribution >= 0.6 is 7.82 Å². The van der Waals surface area contributed by atoms with Crippen molar-refractivity contribution in [3.63, 3.8) is 0 Å². The second-order valence-electron chi connectivity index (χ2n) is 22.0. The smallest absolute Gasteiger partial charge is 0.462 e. The molecule has 0 aromatic carbocycles. The highest BCUT2D eigenvalue weighted by Crippen LogP contribution is 2.43. The van der Waals surface area contributed by atoms with Gasteiger partial charge in [-0.05, 0) is 44.9 Å². The van der Waals surface area contributed by atoms with Gasteiger partial charge in [0.25, 0.3) is 0 Å². The van der Waals surface area contributed by atoms with Crippen LogP contribution < -0.4 is 5.73 Å². The Balaban J connectivity index is 3.75. The lowest BCUT2D eigenvalue weighted by Gasteiger charge is -2.19. The highest BCUT2D eigenvalue weighted by Gasteiger charge is 2.26. The van der Waals surface area contributed by atoms with E-state index in [-0.39, 0.29) is 38.6 Å². The Hall–Kier alpha value is -1.77. The Morgan fingerprint density at radius 3 is 1.09 bits per heavy atom. The Morgan fingerprint density at radius 2 is 0.733 bits per heavy atom. The van der Waals surface area contributed by atoms with Gasteiger partial charge in [-0.2, -0.15) is 0 Å². The average Bonchev–Trinajstić information content (AvgIpc) is 3.40. The van der Waals surface area contributed by atoms with Crippen molar-refractivity contribution in [3.05, 3.63) is 36.5 Å². The lowest BCUT2D eigenvalue weighted by atomic mass is 10.0. The van der Waals surface area contributed by atoms with Gasteiger partial charge in [-0.15, -0.1) is 0 Å². The predicted octanol–water partition coefficient (Wildman–Crippen LogP) is 20.7. The van der Waals surface area contributed by atoms with E-state index in [0.717, 1.165) is 64.2 Å². The van der Waals surface area contributed by atoms with Gasteiger partial charge in [0.05, 0.1) is 13.2 Å². The summed E-state index contributed by atoms with van der Waals surface area (Å²) in [4.78, 5) is 35.2. The van der Waals surface area contributed by atoms with Crippen molar-refractivity contribution < 1.29 is 37.6 Å². The highest BCUT2D eigenvalue weighted by atomic mass is 31.2. The van der Waals surface area contributed by atoms with Crippen LogP contribution in [0.1, 0.15) is 335 Å². The van der Waals surface area contributed by atoms with E-state index in [0.29, 0.717) is 6.42 Å². The van der Waals surface area contributed by atoms with Crippen molar-refractivity contribution in [2.75, 3.05) is 26.4 Å². The fourth-order valence-corrected chi connectivity index (χ4v) is 10.5. The van der Waals surface area contributed by atoms with E-state index in [1.165, 1.54) is 238 Å². The van der Waals surface area contributed by atoms with E-state index in [1.54, 1.807) is 0 Å². The SMILES string of the molecule is CC/C=C\C/C=C\C/C=C\CCCCCCCCCC(=O)OC(COC(=O)CCCCCCCCCCCCCCCCCCCCCCCCCCCCCCCCCCCCCCC)COP(=O)(O)OCCN. The van der Waals surface area contributed by atoms with Crippen LogP contribution in [0.15, 0.2) is 36.5 Å². The maximum atomic E-state index is 12.7. The molecular weight excluding hydrogens is 954 g/mol. The molecule has 0 amide bonds. The Morgan fingerprint density at radius 1 is 0.413 bits per heavy atom. The molecule has 0 aliphatic carbocycles. The monoisotopic (exact) mass is 1080 g/mol. The molecule has 0 aromatic rings. The molecule has 3 N–H and O–H groups in total. The minimum absolute atomic E-state index is 0.0525. The molecule has 9 nitrogen and oxygen atoms in total. The molecule has 442 valence electrons. The van der Waals surface area contributed by atoms with Gasteiger partial charge >= 0.3 is 19.8 Å². The van der Waals surface area contributed by atoms with Crippen molar-refractivity contribution in [3.8, 4) is 0 Å². The van der Waals surface area contributed by atoms with Crippen LogP contribution in [0.2, 0.25) is 0 Å². The molecular formula is C65H124NO8P. The Bertz CT molecular complexity index is 1320. The lowest BCUT2D eigenvalue weighted by Crippen LogP contribution is -2.29. The van der Waals surface area contributed by atoms with Crippen molar-refractivity contribution in [1.29, 1.82) is 0 Å². The zero-order valence-corrected chi connectivity index (χ0v) is 50.4. The number of esters is 2. The first-order valence-corrected chi connectivity index (χ1v) is 34.0. The quantitative estimate of drug-likeness (QED) is 0.0264. The topological polar surface area (TPSA) is 134 Å². The molecule has 0 rings (SSSR count). The van der Waals surface area contributed by atoms with E-state index in [9.17, 15) is 19.0 Å². The minimum Gasteiger partial charge on any atom is -0.462 e. The van der Waals surface area contributed by atoms with Gasteiger partial charge in [-0.25, -0.2) is 4.57 Å². The molecule has 0 aliphatic rings. The molecule has 0 radical (unpaired) electrons. The maximum absolute atomic E-state index is 12.7. The van der Waals surface area contributed by atoms with E-state index < -0.39 is 26.5 Å². The summed E-state index contributed by atoms with van der Waals surface area (Å²) in [6.45, 7) is 3.67. The lowest BCUT2D eigenvalue weighted by molar-refractivity contribution is -0.161. The Labute approximate surface area is 464 Å². The molecule has 2 unspecified atom stereocenters. The first-order valence-electron chi connectivity index (χ1n) is 32.5. The van der Waals surface area contributed by atoms with E-state index in [4.69, 9.17) is 24.3 Å². The number of carbonyl (C=O) groups excluding carboxylic acids is 2. The fraction of sp³-hybridized carbons (Fsp3) is 0.877. The minimum atomic E-state index is -4.39. The van der Waals surface area contributed by atoms with Crippen LogP contribution in [-0.4, -0.2) is 49.3 Å². The van der Waals surface area contributed by atoms with Crippen LogP contribution in [0.3, 0.4) is 0 Å². The first kappa shape index (κ1) is 73.2. The van der Waals surface area contributed by atoms with Crippen LogP contribution in [0, 0.1) is 0 Å². The summed E-state index contributed by atoms with van der Waals surface area (Å²) in [5, 5.41) is 0. The normalized spacial score (nSPS) is 13.2. The van der Waals surface area contributed by atoms with Gasteiger partial charge in [0, 0.05) is 19.4 Å². The van der Waals surface area contributed by atoms with Crippen LogP contribution in [-0.2, 0) is 32.7 Å². The van der Waals surface area contributed by atoms with E-state index >= 15 is 0 Å². The molecule has 0 spiro atoms. The van der Waals surface area contributed by atoms with Gasteiger partial charge in [-0.1, -0.05) is 314 Å². The van der Waals surface area contributed by atoms with E-state index in [1.807, 2.05) is 0 Å². The standard InChI is InChI=1S/C65H124NO8P/c1-3-5-7-9-11-13-15-17-19-21-22-23-24-25-26-27-28-29-30-31-32-33-34-35-36-37-38-39-40-42-43-45-47-49-51-53-55-57-64(67)71-61-63(62-73-75(69,70)72-60-59-66)74-65(68)58-56-54-52-50-48-46-44-41-20-18-16-14-12-10-8-6-4-2/h6,8,12,14,18,20,63H,3-5,7,9-11,13,15-17,19,21-62,66H2,1-2H3,(H,69,70)/b8-6-,14-12-,20-18-. The molecule has 0 saturated carbocycles. The number of ether oxygens (including phenoxy) is 2. The third-order valence-corrected chi connectivity index (χ3v) is 15.5. The second kappa shape index (κ2) is 61.4. The zero-order valence-electron chi connectivity index (χ0n) is 49.6. The molecule has 0 aromatic heterocycles. The number of allylic oxidation sites excluding steroid dienone is 6. The third-order valence-electron chi connectivity index (χ3n) is 14.5. The molecule has 75 heavy (non-hydrogen) atoms. The summed E-state index contributed by atoms with van der Waals surface area (Å²) in [7, 11) is -4.39. The molecule has 0 heterocycles. The highest BCUT2D eigenvalue weighted by molar-refractivity contribution is 7.47. The summed E-state index contributed by atoms with van der Waals surface area (Å²) in [6, 6.07) is 0. The van der Waals surface area contributed by atoms with Gasteiger partial charge in [0.15, 0.2) is 6.10 Å². The first-order chi connectivity index (χ1) is 36.8. The number of hydrogen-bond donors (Lipinski definition) is 2. The second-order valence-corrected chi connectivity index (χ2v) is 23.4. The number of rotatable bonds is 62. The Kier molecular flexibility index (Phi) is 60.0. The number of nitrogens with two attached hydrogens (primary N) is 1. The van der Waals surface area contributed by atoms with E-state index in [2.05, 4.69) is 50.3 Å². The van der Waals surface area contributed by atoms with Crippen molar-refractivity contribution in [2.24, 2.45) is 5.73 Å². The molecule has 0 fully saturated rings. The molecule has 0 bridgehead atoms. The van der Waals surface area contributed by atoms with Gasteiger partial charge in [0.1, 0.15) is 6.61 Å². The summed E-state index contributed by atoms with van der Waals surface area (Å²) in [5.41, 5.74) is 5.38.